The summed E-state index contributed by atoms with van der Waals surface area (Å²) >= 11 is 0. The number of carbonyl (C=O) groups is 1. The molecule has 78 valence electrons. The van der Waals surface area contributed by atoms with Crippen LogP contribution in [0, 0.1) is 5.92 Å². The van der Waals surface area contributed by atoms with E-state index in [0.29, 0.717) is 12.5 Å². The first-order chi connectivity index (χ1) is 6.24. The second-order valence-corrected chi connectivity index (χ2v) is 3.26. The van der Waals surface area contributed by atoms with E-state index >= 15 is 0 Å². The highest BCUT2D eigenvalue weighted by atomic mass is 16.5. The molecule has 0 aliphatic rings. The number of alkyl carbamates (subject to hydrolysis) is 1. The van der Waals surface area contributed by atoms with Crippen molar-refractivity contribution < 1.29 is 9.53 Å². The summed E-state index contributed by atoms with van der Waals surface area (Å²) in [6.45, 7) is 4.86. The van der Waals surface area contributed by atoms with E-state index in [1.807, 2.05) is 0 Å². The SMILES string of the molecule is CCCCC(CC)COC(=O)NC. The van der Waals surface area contributed by atoms with Crippen molar-refractivity contribution in [2.75, 3.05) is 13.7 Å². The van der Waals surface area contributed by atoms with Gasteiger partial charge in [0.05, 0.1) is 6.61 Å². The number of unbranched alkanes of at least 4 members (excludes halogenated alkanes) is 1. The summed E-state index contributed by atoms with van der Waals surface area (Å²) in [5.41, 5.74) is 0. The van der Waals surface area contributed by atoms with Crippen molar-refractivity contribution >= 4 is 6.09 Å². The maximum atomic E-state index is 10.8. The second-order valence-electron chi connectivity index (χ2n) is 3.26. The van der Waals surface area contributed by atoms with E-state index in [1.165, 1.54) is 12.8 Å². The lowest BCUT2D eigenvalue weighted by atomic mass is 10.0. The van der Waals surface area contributed by atoms with Crippen LogP contribution in [0.4, 0.5) is 4.79 Å². The molecule has 0 aliphatic heterocycles. The van der Waals surface area contributed by atoms with Crippen LogP contribution in [0.25, 0.3) is 0 Å². The van der Waals surface area contributed by atoms with Gasteiger partial charge in [0.15, 0.2) is 0 Å². The Bertz CT molecular complexity index is 137. The number of hydrogen-bond acceptors (Lipinski definition) is 2. The first-order valence-corrected chi connectivity index (χ1v) is 5.09. The third-order valence-electron chi connectivity index (χ3n) is 2.20. The third-order valence-corrected chi connectivity index (χ3v) is 2.20. The molecule has 3 nitrogen and oxygen atoms in total. The Labute approximate surface area is 80.8 Å². The molecular weight excluding hydrogens is 166 g/mol. The highest BCUT2D eigenvalue weighted by Crippen LogP contribution is 2.12. The maximum absolute atomic E-state index is 10.8. The van der Waals surface area contributed by atoms with E-state index in [9.17, 15) is 4.79 Å². The highest BCUT2D eigenvalue weighted by molar-refractivity contribution is 5.66. The van der Waals surface area contributed by atoms with Crippen LogP contribution in [0.15, 0.2) is 0 Å². The van der Waals surface area contributed by atoms with Crippen LogP contribution in [-0.2, 0) is 4.74 Å². The van der Waals surface area contributed by atoms with Crippen LogP contribution in [0.2, 0.25) is 0 Å². The molecule has 0 heterocycles. The summed E-state index contributed by atoms with van der Waals surface area (Å²) in [5, 5.41) is 2.44. The predicted molar refractivity (Wildman–Crippen MR) is 53.7 cm³/mol. The van der Waals surface area contributed by atoms with Gasteiger partial charge in [-0.05, 0) is 12.3 Å². The second kappa shape index (κ2) is 7.90. The summed E-state index contributed by atoms with van der Waals surface area (Å²) in [6.07, 6.45) is 4.34. The first kappa shape index (κ1) is 12.3. The van der Waals surface area contributed by atoms with Gasteiger partial charge in [-0.3, -0.25) is 0 Å². The minimum atomic E-state index is -0.324. The number of nitrogens with one attached hydrogen (secondary N) is 1. The van der Waals surface area contributed by atoms with Gasteiger partial charge in [0.1, 0.15) is 0 Å². The van der Waals surface area contributed by atoms with Crippen molar-refractivity contribution in [1.82, 2.24) is 5.32 Å². The third kappa shape index (κ3) is 6.43. The number of carbonyl (C=O) groups excluding carboxylic acids is 1. The monoisotopic (exact) mass is 187 g/mol. The molecule has 0 rings (SSSR count). The van der Waals surface area contributed by atoms with Crippen molar-refractivity contribution in [3.05, 3.63) is 0 Å². The molecule has 1 N–H and O–H groups in total. The molecule has 0 aromatic heterocycles. The van der Waals surface area contributed by atoms with E-state index in [2.05, 4.69) is 19.2 Å². The molecule has 0 aliphatic carbocycles. The number of hydrogen-bond donors (Lipinski definition) is 1. The van der Waals surface area contributed by atoms with Crippen LogP contribution >= 0.6 is 0 Å². The lowest BCUT2D eigenvalue weighted by molar-refractivity contribution is 0.124. The number of ether oxygens (including phenoxy) is 1. The van der Waals surface area contributed by atoms with Gasteiger partial charge in [0, 0.05) is 7.05 Å². The van der Waals surface area contributed by atoms with Gasteiger partial charge >= 0.3 is 6.09 Å². The van der Waals surface area contributed by atoms with Crippen molar-refractivity contribution in [1.29, 1.82) is 0 Å². The Kier molecular flexibility index (Phi) is 7.45. The van der Waals surface area contributed by atoms with Gasteiger partial charge in [0.2, 0.25) is 0 Å². The molecule has 0 aromatic carbocycles. The summed E-state index contributed by atoms with van der Waals surface area (Å²) in [6, 6.07) is 0. The first-order valence-electron chi connectivity index (χ1n) is 5.09. The molecule has 0 bridgehead atoms. The summed E-state index contributed by atoms with van der Waals surface area (Å²) in [5.74, 6) is 0.525. The van der Waals surface area contributed by atoms with Gasteiger partial charge < -0.3 is 10.1 Å². The van der Waals surface area contributed by atoms with Crippen molar-refractivity contribution in [3.8, 4) is 0 Å². The predicted octanol–water partition coefficient (Wildman–Crippen LogP) is 2.56. The van der Waals surface area contributed by atoms with Gasteiger partial charge in [-0.2, -0.15) is 0 Å². The van der Waals surface area contributed by atoms with Crippen molar-refractivity contribution in [2.24, 2.45) is 5.92 Å². The Morgan fingerprint density at radius 2 is 2.15 bits per heavy atom. The summed E-state index contributed by atoms with van der Waals surface area (Å²) in [7, 11) is 1.58. The Hall–Kier alpha value is -0.730. The van der Waals surface area contributed by atoms with Gasteiger partial charge in [-0.15, -0.1) is 0 Å². The molecule has 1 atom stereocenters. The van der Waals surface area contributed by atoms with Crippen LogP contribution in [0.3, 0.4) is 0 Å². The van der Waals surface area contributed by atoms with Gasteiger partial charge in [-0.1, -0.05) is 33.1 Å². The van der Waals surface area contributed by atoms with E-state index in [1.54, 1.807) is 7.05 Å². The largest absolute Gasteiger partial charge is 0.449 e. The van der Waals surface area contributed by atoms with E-state index < -0.39 is 0 Å². The molecule has 0 radical (unpaired) electrons. The highest BCUT2D eigenvalue weighted by Gasteiger charge is 2.08. The fraction of sp³-hybridized carbons (Fsp3) is 0.900. The zero-order valence-electron chi connectivity index (χ0n) is 8.93. The van der Waals surface area contributed by atoms with Gasteiger partial charge in [0.25, 0.3) is 0 Å². The molecule has 0 saturated carbocycles. The quantitative estimate of drug-likeness (QED) is 0.694. The van der Waals surface area contributed by atoms with E-state index in [4.69, 9.17) is 4.74 Å². The number of rotatable bonds is 6. The fourth-order valence-electron chi connectivity index (χ4n) is 1.16. The Balaban J connectivity index is 3.52. The van der Waals surface area contributed by atoms with E-state index in [-0.39, 0.29) is 6.09 Å². The molecular formula is C10H21NO2. The molecule has 0 saturated heterocycles. The van der Waals surface area contributed by atoms with Gasteiger partial charge in [-0.25, -0.2) is 4.79 Å². The number of amides is 1. The van der Waals surface area contributed by atoms with Crippen LogP contribution < -0.4 is 5.32 Å². The lowest BCUT2D eigenvalue weighted by Gasteiger charge is -2.13. The normalized spacial score (nSPS) is 12.2. The Morgan fingerprint density at radius 1 is 1.46 bits per heavy atom. The zero-order chi connectivity index (χ0) is 10.1. The van der Waals surface area contributed by atoms with Crippen LogP contribution in [0.5, 0.6) is 0 Å². The molecule has 0 spiro atoms. The van der Waals surface area contributed by atoms with Crippen LogP contribution in [0.1, 0.15) is 39.5 Å². The van der Waals surface area contributed by atoms with E-state index in [0.717, 1.165) is 12.8 Å². The molecule has 1 unspecified atom stereocenters. The lowest BCUT2D eigenvalue weighted by Crippen LogP contribution is -2.22. The summed E-state index contributed by atoms with van der Waals surface area (Å²) in [4.78, 5) is 10.8. The minimum absolute atomic E-state index is 0.324. The fourth-order valence-corrected chi connectivity index (χ4v) is 1.16. The van der Waals surface area contributed by atoms with Crippen LogP contribution in [-0.4, -0.2) is 19.7 Å². The molecule has 13 heavy (non-hydrogen) atoms. The molecule has 0 fully saturated rings. The zero-order valence-corrected chi connectivity index (χ0v) is 8.93. The minimum Gasteiger partial charge on any atom is -0.449 e. The topological polar surface area (TPSA) is 38.3 Å². The Morgan fingerprint density at radius 3 is 2.62 bits per heavy atom. The average molecular weight is 187 g/mol. The smallest absolute Gasteiger partial charge is 0.406 e. The maximum Gasteiger partial charge on any atom is 0.406 e. The molecule has 1 amide bonds. The summed E-state index contributed by atoms with van der Waals surface area (Å²) < 4.78 is 4.99. The standard InChI is InChI=1S/C10H21NO2/c1-4-6-7-9(5-2)8-13-10(12)11-3/h9H,4-8H2,1-3H3,(H,11,12). The van der Waals surface area contributed by atoms with Crippen molar-refractivity contribution in [3.63, 3.8) is 0 Å². The molecule has 0 aromatic rings. The average Bonchev–Trinajstić information content (AvgIpc) is 2.17. The van der Waals surface area contributed by atoms with Crippen molar-refractivity contribution in [2.45, 2.75) is 39.5 Å². The molecule has 3 heteroatoms.